The molecule has 1 atom stereocenters. The van der Waals surface area contributed by atoms with Gasteiger partial charge in [-0.1, -0.05) is 36.7 Å². The molecule has 0 aromatic heterocycles. The average Bonchev–Trinajstić information content (AvgIpc) is 2.94. The van der Waals surface area contributed by atoms with Gasteiger partial charge in [0, 0.05) is 18.1 Å². The molecule has 0 saturated heterocycles. The van der Waals surface area contributed by atoms with Crippen molar-refractivity contribution in [2.24, 2.45) is 0 Å². The number of sulfonamides is 1. The van der Waals surface area contributed by atoms with Crippen LogP contribution in [0.1, 0.15) is 32.8 Å². The van der Waals surface area contributed by atoms with Crippen LogP contribution in [0, 0.1) is 5.82 Å². The highest BCUT2D eigenvalue weighted by molar-refractivity contribution is 7.92. The summed E-state index contributed by atoms with van der Waals surface area (Å²) < 4.78 is 47.5. The second-order valence-electron chi connectivity index (χ2n) is 8.97. The number of benzene rings is 3. The number of nitrogens with one attached hydrogen (secondary N) is 1. The van der Waals surface area contributed by atoms with Crippen molar-refractivity contribution < 1.29 is 27.1 Å². The van der Waals surface area contributed by atoms with Gasteiger partial charge in [-0.3, -0.25) is 13.9 Å². The van der Waals surface area contributed by atoms with Crippen molar-refractivity contribution in [3.63, 3.8) is 0 Å². The van der Waals surface area contributed by atoms with Crippen molar-refractivity contribution in [1.29, 1.82) is 0 Å². The van der Waals surface area contributed by atoms with Gasteiger partial charge in [-0.2, -0.15) is 0 Å². The molecule has 3 aromatic carbocycles. The van der Waals surface area contributed by atoms with Gasteiger partial charge < -0.3 is 15.0 Å². The zero-order chi connectivity index (χ0) is 29.3. The molecule has 0 bridgehead atoms. The number of hydrogen-bond acceptors (Lipinski definition) is 5. The van der Waals surface area contributed by atoms with E-state index in [9.17, 15) is 22.4 Å². The van der Waals surface area contributed by atoms with Crippen LogP contribution in [0.3, 0.4) is 0 Å². The van der Waals surface area contributed by atoms with Crippen LogP contribution in [0.15, 0.2) is 77.7 Å². The standard InChI is InChI=1S/C29H33ClFN3O5S/c1-4-18-32-29(36)21(3)33(19-22-8-6-7-9-27(22)30)28(35)20-34(24-12-14-25(15-13-24)39-5-2)40(37,38)26-16-10-23(31)11-17-26/h6-17,21H,4-5,18-20H2,1-3H3,(H,32,36)/t21-/m1/s1. The molecule has 3 rings (SSSR count). The Morgan fingerprint density at radius 3 is 2.25 bits per heavy atom. The Morgan fingerprint density at radius 1 is 1.00 bits per heavy atom. The Kier molecular flexibility index (Phi) is 10.9. The van der Waals surface area contributed by atoms with Crippen LogP contribution in [0.2, 0.25) is 5.02 Å². The summed E-state index contributed by atoms with van der Waals surface area (Å²) in [5.74, 6) is -1.08. The van der Waals surface area contributed by atoms with Crippen LogP contribution in [0.4, 0.5) is 10.1 Å². The van der Waals surface area contributed by atoms with Gasteiger partial charge in [0.1, 0.15) is 24.2 Å². The quantitative estimate of drug-likeness (QED) is 0.302. The van der Waals surface area contributed by atoms with E-state index in [1.54, 1.807) is 43.3 Å². The molecule has 0 aliphatic rings. The predicted octanol–water partition coefficient (Wildman–Crippen LogP) is 5.02. The number of amides is 2. The Balaban J connectivity index is 2.03. The van der Waals surface area contributed by atoms with Crippen LogP contribution in [-0.2, 0) is 26.2 Å². The molecule has 3 aromatic rings. The summed E-state index contributed by atoms with van der Waals surface area (Å²) >= 11 is 6.36. The fraction of sp³-hybridized carbons (Fsp3) is 0.310. The molecule has 1 N–H and O–H groups in total. The fourth-order valence-electron chi connectivity index (χ4n) is 3.93. The average molecular weight is 590 g/mol. The highest BCUT2D eigenvalue weighted by atomic mass is 35.5. The summed E-state index contributed by atoms with van der Waals surface area (Å²) in [4.78, 5) is 27.9. The topological polar surface area (TPSA) is 96.0 Å². The minimum Gasteiger partial charge on any atom is -0.494 e. The molecule has 40 heavy (non-hydrogen) atoms. The van der Waals surface area contributed by atoms with E-state index in [1.807, 2.05) is 13.8 Å². The van der Waals surface area contributed by atoms with E-state index < -0.39 is 34.3 Å². The van der Waals surface area contributed by atoms with Gasteiger partial charge in [-0.15, -0.1) is 0 Å². The third-order valence-corrected chi connectivity index (χ3v) is 8.29. The lowest BCUT2D eigenvalue weighted by molar-refractivity contribution is -0.139. The van der Waals surface area contributed by atoms with Gasteiger partial charge in [0.2, 0.25) is 11.8 Å². The molecule has 0 radical (unpaired) electrons. The lowest BCUT2D eigenvalue weighted by atomic mass is 10.1. The number of hydrogen-bond donors (Lipinski definition) is 1. The van der Waals surface area contributed by atoms with E-state index in [-0.39, 0.29) is 23.0 Å². The monoisotopic (exact) mass is 589 g/mol. The van der Waals surface area contributed by atoms with Crippen molar-refractivity contribution in [3.05, 3.63) is 89.2 Å². The number of anilines is 1. The third kappa shape index (κ3) is 7.73. The molecular weight excluding hydrogens is 557 g/mol. The summed E-state index contributed by atoms with van der Waals surface area (Å²) in [5.41, 5.74) is 0.795. The van der Waals surface area contributed by atoms with Crippen LogP contribution in [-0.4, -0.2) is 50.9 Å². The number of nitrogens with zero attached hydrogens (tertiary/aromatic N) is 2. The van der Waals surface area contributed by atoms with Crippen molar-refractivity contribution in [1.82, 2.24) is 10.2 Å². The summed E-state index contributed by atoms with van der Waals surface area (Å²) in [7, 11) is -4.31. The number of rotatable bonds is 13. The van der Waals surface area contributed by atoms with Gasteiger partial charge in [0.25, 0.3) is 10.0 Å². The van der Waals surface area contributed by atoms with Crippen LogP contribution in [0.5, 0.6) is 5.75 Å². The molecule has 2 amide bonds. The van der Waals surface area contributed by atoms with Crippen LogP contribution >= 0.6 is 11.6 Å². The first kappa shape index (κ1) is 30.9. The predicted molar refractivity (Wildman–Crippen MR) is 153 cm³/mol. The van der Waals surface area contributed by atoms with Crippen molar-refractivity contribution in [2.75, 3.05) is 24.0 Å². The molecule has 214 valence electrons. The Labute approximate surface area is 239 Å². The molecule has 0 aliphatic heterocycles. The van der Waals surface area contributed by atoms with E-state index in [4.69, 9.17) is 16.3 Å². The minimum absolute atomic E-state index is 0.0209. The van der Waals surface area contributed by atoms with Crippen LogP contribution < -0.4 is 14.4 Å². The first-order valence-corrected chi connectivity index (χ1v) is 14.7. The van der Waals surface area contributed by atoms with Crippen molar-refractivity contribution in [3.8, 4) is 5.75 Å². The number of carbonyl (C=O) groups excluding carboxylic acids is 2. The maximum Gasteiger partial charge on any atom is 0.264 e. The highest BCUT2D eigenvalue weighted by Crippen LogP contribution is 2.27. The molecular formula is C29H33ClFN3O5S. The van der Waals surface area contributed by atoms with E-state index in [2.05, 4.69) is 5.32 Å². The van der Waals surface area contributed by atoms with E-state index in [0.29, 0.717) is 35.9 Å². The van der Waals surface area contributed by atoms with Gasteiger partial charge >= 0.3 is 0 Å². The summed E-state index contributed by atoms with van der Waals surface area (Å²) in [6.45, 7) is 5.51. The lowest BCUT2D eigenvalue weighted by Crippen LogP contribution is -2.51. The van der Waals surface area contributed by atoms with E-state index in [0.717, 1.165) is 28.6 Å². The lowest BCUT2D eigenvalue weighted by Gasteiger charge is -2.32. The number of halogens is 2. The first-order chi connectivity index (χ1) is 19.1. The molecule has 0 saturated carbocycles. The van der Waals surface area contributed by atoms with Crippen molar-refractivity contribution in [2.45, 2.75) is 44.7 Å². The zero-order valence-electron chi connectivity index (χ0n) is 22.6. The Bertz CT molecular complexity index is 1400. The molecule has 0 heterocycles. The van der Waals surface area contributed by atoms with Gasteiger partial charge in [-0.25, -0.2) is 12.8 Å². The molecule has 0 spiro atoms. The highest BCUT2D eigenvalue weighted by Gasteiger charge is 2.32. The van der Waals surface area contributed by atoms with Gasteiger partial charge in [0.15, 0.2) is 0 Å². The molecule has 11 heteroatoms. The van der Waals surface area contributed by atoms with E-state index in [1.165, 1.54) is 17.0 Å². The van der Waals surface area contributed by atoms with Crippen molar-refractivity contribution >= 4 is 39.1 Å². The van der Waals surface area contributed by atoms with Gasteiger partial charge in [0.05, 0.1) is 17.2 Å². The summed E-state index contributed by atoms with van der Waals surface area (Å²) in [5, 5.41) is 3.19. The first-order valence-electron chi connectivity index (χ1n) is 12.9. The zero-order valence-corrected chi connectivity index (χ0v) is 24.2. The second kappa shape index (κ2) is 14.1. The third-order valence-electron chi connectivity index (χ3n) is 6.13. The molecule has 0 aliphatic carbocycles. The summed E-state index contributed by atoms with van der Waals surface area (Å²) in [6, 6.07) is 16.6. The van der Waals surface area contributed by atoms with E-state index >= 15 is 0 Å². The number of carbonyl (C=O) groups is 2. The number of ether oxygens (including phenoxy) is 1. The second-order valence-corrected chi connectivity index (χ2v) is 11.2. The maximum absolute atomic E-state index is 13.9. The smallest absolute Gasteiger partial charge is 0.264 e. The molecule has 0 fully saturated rings. The van der Waals surface area contributed by atoms with Gasteiger partial charge in [-0.05, 0) is 80.4 Å². The maximum atomic E-state index is 13.9. The SMILES string of the molecule is CCCNC(=O)[C@@H](C)N(Cc1ccccc1Cl)C(=O)CN(c1ccc(OCC)cc1)S(=O)(=O)c1ccc(F)cc1. The Hall–Kier alpha value is -3.63. The van der Waals surface area contributed by atoms with Crippen LogP contribution in [0.25, 0.3) is 0 Å². The Morgan fingerprint density at radius 2 is 1.65 bits per heavy atom. The summed E-state index contributed by atoms with van der Waals surface area (Å²) in [6.07, 6.45) is 0.707. The normalized spacial score (nSPS) is 11.9. The molecule has 8 nitrogen and oxygen atoms in total. The largest absolute Gasteiger partial charge is 0.494 e. The molecule has 0 unspecified atom stereocenters. The fourth-order valence-corrected chi connectivity index (χ4v) is 5.54. The minimum atomic E-state index is -4.31.